The lowest BCUT2D eigenvalue weighted by Crippen LogP contribution is -2.32. The number of thiocarbonyl (C=S) groups is 1. The first-order valence-corrected chi connectivity index (χ1v) is 11.3. The molecule has 1 aromatic heterocycles. The molecule has 0 bridgehead atoms. The van der Waals surface area contributed by atoms with Gasteiger partial charge in [-0.15, -0.1) is 0 Å². The lowest BCUT2D eigenvalue weighted by molar-refractivity contribution is -0.115. The lowest BCUT2D eigenvalue weighted by Gasteiger charge is -2.11. The zero-order valence-electron chi connectivity index (χ0n) is 17.3. The van der Waals surface area contributed by atoms with Crippen molar-refractivity contribution in [3.63, 3.8) is 0 Å². The van der Waals surface area contributed by atoms with Gasteiger partial charge in [-0.25, -0.2) is 8.42 Å². The minimum Gasteiger partial charge on any atom is -0.497 e. The number of nitrogens with one attached hydrogen (secondary N) is 3. The number of carbonyl (C=O) groups is 1. The topological polar surface area (TPSA) is 110 Å². The van der Waals surface area contributed by atoms with E-state index in [0.29, 0.717) is 22.9 Å². The summed E-state index contributed by atoms with van der Waals surface area (Å²) in [5.41, 5.74) is 0.930. The number of rotatable bonds is 7. The molecule has 1 amide bonds. The van der Waals surface area contributed by atoms with Crippen LogP contribution in [0.5, 0.6) is 5.75 Å². The van der Waals surface area contributed by atoms with Crippen LogP contribution in [0.1, 0.15) is 11.5 Å². The van der Waals surface area contributed by atoms with E-state index in [1.54, 1.807) is 48.5 Å². The highest BCUT2D eigenvalue weighted by atomic mass is 32.2. The van der Waals surface area contributed by atoms with Crippen molar-refractivity contribution >= 4 is 50.7 Å². The number of carbonyl (C=O) groups excluding carboxylic acids is 1. The summed E-state index contributed by atoms with van der Waals surface area (Å²) in [5, 5.41) is 5.41. The molecule has 0 atom stereocenters. The molecule has 0 spiro atoms. The number of sulfonamides is 1. The van der Waals surface area contributed by atoms with Crippen LogP contribution in [0, 0.1) is 6.92 Å². The third kappa shape index (κ3) is 6.43. The normalized spacial score (nSPS) is 11.2. The van der Waals surface area contributed by atoms with Crippen molar-refractivity contribution in [1.29, 1.82) is 0 Å². The molecule has 0 saturated carbocycles. The number of ether oxygens (including phenoxy) is 1. The second kappa shape index (κ2) is 10.1. The Morgan fingerprint density at radius 3 is 2.25 bits per heavy atom. The maximum Gasteiger partial charge on any atom is 0.261 e. The number of anilines is 2. The molecule has 3 aromatic rings. The Labute approximate surface area is 191 Å². The van der Waals surface area contributed by atoms with E-state index in [0.717, 1.165) is 5.76 Å². The van der Waals surface area contributed by atoms with E-state index >= 15 is 0 Å². The zero-order valence-corrected chi connectivity index (χ0v) is 18.9. The molecule has 32 heavy (non-hydrogen) atoms. The summed E-state index contributed by atoms with van der Waals surface area (Å²) in [7, 11) is -2.24. The Morgan fingerprint density at radius 1 is 1.00 bits per heavy atom. The van der Waals surface area contributed by atoms with Crippen LogP contribution in [-0.2, 0) is 14.8 Å². The number of hydrogen-bond donors (Lipinski definition) is 3. The fourth-order valence-corrected chi connectivity index (χ4v) is 3.88. The number of hydrogen-bond acceptors (Lipinski definition) is 6. The monoisotopic (exact) mass is 471 g/mol. The quantitative estimate of drug-likeness (QED) is 0.354. The van der Waals surface area contributed by atoms with E-state index in [1.807, 2.05) is 6.92 Å². The molecule has 8 nitrogen and oxygen atoms in total. The second-order valence-corrected chi connectivity index (χ2v) is 8.67. The molecular formula is C22H21N3O5S2. The van der Waals surface area contributed by atoms with E-state index in [1.165, 1.54) is 31.4 Å². The Morgan fingerprint density at radius 2 is 1.66 bits per heavy atom. The molecule has 3 N–H and O–H groups in total. The maximum absolute atomic E-state index is 12.6. The van der Waals surface area contributed by atoms with Crippen LogP contribution in [-0.4, -0.2) is 26.5 Å². The van der Waals surface area contributed by atoms with Gasteiger partial charge in [-0.1, -0.05) is 0 Å². The van der Waals surface area contributed by atoms with E-state index in [9.17, 15) is 13.2 Å². The molecule has 1 heterocycles. The van der Waals surface area contributed by atoms with Gasteiger partial charge in [-0.2, -0.15) is 0 Å². The number of aryl methyl sites for hydroxylation is 1. The zero-order chi connectivity index (χ0) is 23.1. The van der Waals surface area contributed by atoms with Crippen LogP contribution >= 0.6 is 12.2 Å². The van der Waals surface area contributed by atoms with E-state index in [-0.39, 0.29) is 10.0 Å². The fourth-order valence-electron chi connectivity index (χ4n) is 2.61. The number of methoxy groups -OCH3 is 1. The van der Waals surface area contributed by atoms with Crippen molar-refractivity contribution in [2.24, 2.45) is 0 Å². The standard InChI is InChI=1S/C22H21N3O5S2/c1-15-3-8-19(30-15)11-14-21(26)24-22(31)23-16-6-12-20(13-7-16)32(27,28)25-17-4-9-18(29-2)10-5-17/h3-14,25H,1-2H3,(H2,23,24,26,31)/b14-11+. The SMILES string of the molecule is COc1ccc(NS(=O)(=O)c2ccc(NC(=S)NC(=O)/C=C/c3ccc(C)o3)cc2)cc1. The minimum atomic E-state index is -3.77. The Bertz CT molecular complexity index is 1230. The van der Waals surface area contributed by atoms with Gasteiger partial charge in [0.2, 0.25) is 5.91 Å². The maximum atomic E-state index is 12.6. The van der Waals surface area contributed by atoms with E-state index in [4.69, 9.17) is 21.4 Å². The molecule has 3 rings (SSSR count). The van der Waals surface area contributed by atoms with Crippen molar-refractivity contribution in [2.75, 3.05) is 17.1 Å². The number of furan rings is 1. The molecule has 0 aliphatic heterocycles. The second-order valence-electron chi connectivity index (χ2n) is 6.58. The molecule has 0 aliphatic rings. The average molecular weight is 472 g/mol. The third-order valence-electron chi connectivity index (χ3n) is 4.16. The van der Waals surface area contributed by atoms with Gasteiger partial charge in [0.1, 0.15) is 17.3 Å². The lowest BCUT2D eigenvalue weighted by atomic mass is 10.3. The van der Waals surface area contributed by atoms with Crippen LogP contribution in [0.25, 0.3) is 6.08 Å². The van der Waals surface area contributed by atoms with Crippen molar-refractivity contribution in [3.05, 3.63) is 78.3 Å². The predicted molar refractivity (Wildman–Crippen MR) is 127 cm³/mol. The smallest absolute Gasteiger partial charge is 0.261 e. The summed E-state index contributed by atoms with van der Waals surface area (Å²) in [5.74, 6) is 1.49. The minimum absolute atomic E-state index is 0.0715. The molecular weight excluding hydrogens is 450 g/mol. The summed E-state index contributed by atoms with van der Waals surface area (Å²) >= 11 is 5.12. The summed E-state index contributed by atoms with van der Waals surface area (Å²) in [6.45, 7) is 1.81. The molecule has 0 saturated heterocycles. The molecule has 0 unspecified atom stereocenters. The highest BCUT2D eigenvalue weighted by Gasteiger charge is 2.14. The highest BCUT2D eigenvalue weighted by molar-refractivity contribution is 7.92. The van der Waals surface area contributed by atoms with E-state index < -0.39 is 15.9 Å². The molecule has 0 fully saturated rings. The van der Waals surface area contributed by atoms with Crippen molar-refractivity contribution in [3.8, 4) is 5.75 Å². The molecule has 0 aliphatic carbocycles. The van der Waals surface area contributed by atoms with Crippen molar-refractivity contribution < 1.29 is 22.4 Å². The van der Waals surface area contributed by atoms with Gasteiger partial charge in [0.15, 0.2) is 5.11 Å². The fraction of sp³-hybridized carbons (Fsp3) is 0.0909. The van der Waals surface area contributed by atoms with Crippen LogP contribution in [0.15, 0.2) is 76.1 Å². The van der Waals surface area contributed by atoms with Gasteiger partial charge in [-0.3, -0.25) is 14.8 Å². The molecule has 2 aromatic carbocycles. The van der Waals surface area contributed by atoms with Gasteiger partial charge in [0, 0.05) is 17.5 Å². The van der Waals surface area contributed by atoms with Crippen LogP contribution in [0.2, 0.25) is 0 Å². The Hall–Kier alpha value is -3.63. The average Bonchev–Trinajstić information content (AvgIpc) is 3.18. The summed E-state index contributed by atoms with van der Waals surface area (Å²) in [6, 6.07) is 16.0. The largest absolute Gasteiger partial charge is 0.497 e. The number of benzene rings is 2. The van der Waals surface area contributed by atoms with Crippen molar-refractivity contribution in [2.45, 2.75) is 11.8 Å². The summed E-state index contributed by atoms with van der Waals surface area (Å²) < 4.78 is 38.0. The summed E-state index contributed by atoms with van der Waals surface area (Å²) in [6.07, 6.45) is 2.83. The van der Waals surface area contributed by atoms with Crippen LogP contribution in [0.4, 0.5) is 11.4 Å². The molecule has 0 radical (unpaired) electrons. The van der Waals surface area contributed by atoms with Gasteiger partial charge < -0.3 is 14.5 Å². The van der Waals surface area contributed by atoms with E-state index in [2.05, 4.69) is 15.4 Å². The Kier molecular flexibility index (Phi) is 7.29. The molecule has 10 heteroatoms. The molecule has 166 valence electrons. The van der Waals surface area contributed by atoms with Gasteiger partial charge in [-0.05, 0) is 85.9 Å². The van der Waals surface area contributed by atoms with Gasteiger partial charge in [0.05, 0.1) is 12.0 Å². The third-order valence-corrected chi connectivity index (χ3v) is 5.76. The summed E-state index contributed by atoms with van der Waals surface area (Å²) in [4.78, 5) is 12.0. The Balaban J connectivity index is 1.56. The van der Waals surface area contributed by atoms with Crippen molar-refractivity contribution in [1.82, 2.24) is 5.32 Å². The van der Waals surface area contributed by atoms with Crippen LogP contribution in [0.3, 0.4) is 0 Å². The first-order chi connectivity index (χ1) is 15.2. The highest BCUT2D eigenvalue weighted by Crippen LogP contribution is 2.20. The number of amides is 1. The first-order valence-electron chi connectivity index (χ1n) is 9.38. The van der Waals surface area contributed by atoms with Crippen LogP contribution < -0.4 is 20.1 Å². The predicted octanol–water partition coefficient (Wildman–Crippen LogP) is 3.92. The first kappa shape index (κ1) is 23.0. The van der Waals surface area contributed by atoms with Gasteiger partial charge in [0.25, 0.3) is 10.0 Å². The van der Waals surface area contributed by atoms with Gasteiger partial charge >= 0.3 is 0 Å².